The summed E-state index contributed by atoms with van der Waals surface area (Å²) in [5.74, 6) is 4.06. The Morgan fingerprint density at radius 1 is 1.16 bits per heavy atom. The van der Waals surface area contributed by atoms with E-state index in [1.807, 2.05) is 0 Å². The standard InChI is InChI=1S/C15H25N3O/c1-2-9-16-10-5-8-13-17-18-15(19-13)14-11-6-3-4-7-12(11)14/h11-12,14,16H,2-10H2,1H3. The van der Waals surface area contributed by atoms with Gasteiger partial charge in [0.05, 0.1) is 0 Å². The SMILES string of the molecule is CCCNCCCc1nnc(C2C3CCCCC32)o1. The van der Waals surface area contributed by atoms with Gasteiger partial charge >= 0.3 is 0 Å². The highest BCUT2D eigenvalue weighted by Gasteiger charge is 2.54. The molecule has 2 aliphatic carbocycles. The second kappa shape index (κ2) is 6.04. The fourth-order valence-corrected chi connectivity index (χ4v) is 3.53. The van der Waals surface area contributed by atoms with Crippen LogP contribution in [0.25, 0.3) is 0 Å². The summed E-state index contributed by atoms with van der Waals surface area (Å²) in [7, 11) is 0. The van der Waals surface area contributed by atoms with Crippen LogP contribution in [0, 0.1) is 11.8 Å². The van der Waals surface area contributed by atoms with Crippen LogP contribution in [0.2, 0.25) is 0 Å². The van der Waals surface area contributed by atoms with Crippen molar-refractivity contribution in [1.82, 2.24) is 15.5 Å². The summed E-state index contributed by atoms with van der Waals surface area (Å²) in [6.07, 6.45) is 8.70. The van der Waals surface area contributed by atoms with Gasteiger partial charge in [0, 0.05) is 12.3 Å². The Labute approximate surface area is 115 Å². The Morgan fingerprint density at radius 3 is 2.68 bits per heavy atom. The second-order valence-corrected chi connectivity index (χ2v) is 6.03. The molecular formula is C15H25N3O. The molecule has 0 amide bonds. The van der Waals surface area contributed by atoms with E-state index in [4.69, 9.17) is 4.42 Å². The minimum atomic E-state index is 0.599. The molecule has 0 saturated heterocycles. The average molecular weight is 263 g/mol. The molecule has 2 unspecified atom stereocenters. The van der Waals surface area contributed by atoms with Crippen molar-refractivity contribution in [2.24, 2.45) is 11.8 Å². The first-order chi connectivity index (χ1) is 9.40. The van der Waals surface area contributed by atoms with Gasteiger partial charge in [0.1, 0.15) is 0 Å². The molecule has 0 aliphatic heterocycles. The van der Waals surface area contributed by atoms with Gasteiger partial charge < -0.3 is 9.73 Å². The average Bonchev–Trinajstić information content (AvgIpc) is 2.99. The lowest BCUT2D eigenvalue weighted by atomic mass is 10.0. The lowest BCUT2D eigenvalue weighted by Gasteiger charge is -2.04. The molecule has 2 saturated carbocycles. The number of fused-ring (bicyclic) bond motifs is 1. The number of hydrogen-bond donors (Lipinski definition) is 1. The van der Waals surface area contributed by atoms with Gasteiger partial charge in [0.15, 0.2) is 0 Å². The summed E-state index contributed by atoms with van der Waals surface area (Å²) in [5, 5.41) is 11.9. The molecule has 1 aromatic rings. The van der Waals surface area contributed by atoms with Gasteiger partial charge in [-0.3, -0.25) is 0 Å². The zero-order valence-electron chi connectivity index (χ0n) is 11.9. The van der Waals surface area contributed by atoms with E-state index in [9.17, 15) is 0 Å². The van der Waals surface area contributed by atoms with E-state index in [2.05, 4.69) is 22.4 Å². The molecule has 1 heterocycles. The minimum absolute atomic E-state index is 0.599. The normalized spacial score (nSPS) is 29.2. The van der Waals surface area contributed by atoms with Crippen molar-refractivity contribution in [2.45, 2.75) is 57.8 Å². The molecular weight excluding hydrogens is 238 g/mol. The molecule has 0 spiro atoms. The van der Waals surface area contributed by atoms with Gasteiger partial charge in [-0.2, -0.15) is 0 Å². The van der Waals surface area contributed by atoms with Crippen LogP contribution in [-0.4, -0.2) is 23.3 Å². The smallest absolute Gasteiger partial charge is 0.220 e. The first-order valence-corrected chi connectivity index (χ1v) is 7.93. The fraction of sp³-hybridized carbons (Fsp3) is 0.867. The number of aromatic nitrogens is 2. The van der Waals surface area contributed by atoms with Crippen LogP contribution in [0.1, 0.15) is 63.1 Å². The van der Waals surface area contributed by atoms with Crippen molar-refractivity contribution < 1.29 is 4.42 Å². The Bertz CT molecular complexity index is 392. The molecule has 0 aromatic carbocycles. The molecule has 0 bridgehead atoms. The molecule has 19 heavy (non-hydrogen) atoms. The summed E-state index contributed by atoms with van der Waals surface area (Å²) in [4.78, 5) is 0. The lowest BCUT2D eigenvalue weighted by Crippen LogP contribution is -2.16. The summed E-state index contributed by atoms with van der Waals surface area (Å²) >= 11 is 0. The van der Waals surface area contributed by atoms with Crippen molar-refractivity contribution in [2.75, 3.05) is 13.1 Å². The van der Waals surface area contributed by atoms with Crippen LogP contribution >= 0.6 is 0 Å². The number of hydrogen-bond acceptors (Lipinski definition) is 4. The second-order valence-electron chi connectivity index (χ2n) is 6.03. The highest BCUT2D eigenvalue weighted by molar-refractivity contribution is 5.14. The van der Waals surface area contributed by atoms with E-state index in [0.29, 0.717) is 5.92 Å². The van der Waals surface area contributed by atoms with Gasteiger partial charge in [-0.05, 0) is 50.6 Å². The van der Waals surface area contributed by atoms with E-state index in [1.165, 1.54) is 32.1 Å². The zero-order chi connectivity index (χ0) is 13.1. The van der Waals surface area contributed by atoms with Crippen LogP contribution in [0.5, 0.6) is 0 Å². The van der Waals surface area contributed by atoms with Crippen LogP contribution in [0.15, 0.2) is 4.42 Å². The Morgan fingerprint density at radius 2 is 1.95 bits per heavy atom. The number of nitrogens with one attached hydrogen (secondary N) is 1. The molecule has 2 fully saturated rings. The van der Waals surface area contributed by atoms with E-state index >= 15 is 0 Å². The third-order valence-electron chi connectivity index (χ3n) is 4.60. The van der Waals surface area contributed by atoms with Gasteiger partial charge in [0.2, 0.25) is 11.8 Å². The maximum atomic E-state index is 5.86. The third-order valence-corrected chi connectivity index (χ3v) is 4.60. The van der Waals surface area contributed by atoms with Gasteiger partial charge in [-0.15, -0.1) is 10.2 Å². The van der Waals surface area contributed by atoms with Crippen molar-refractivity contribution in [3.8, 4) is 0 Å². The first kappa shape index (κ1) is 13.1. The highest BCUT2D eigenvalue weighted by atomic mass is 16.4. The zero-order valence-corrected chi connectivity index (χ0v) is 11.9. The van der Waals surface area contributed by atoms with Gasteiger partial charge in [-0.25, -0.2) is 0 Å². The molecule has 4 nitrogen and oxygen atoms in total. The van der Waals surface area contributed by atoms with Gasteiger partial charge in [-0.1, -0.05) is 19.8 Å². The summed E-state index contributed by atoms with van der Waals surface area (Å²) in [6, 6.07) is 0. The van der Waals surface area contributed by atoms with Crippen molar-refractivity contribution in [1.29, 1.82) is 0 Å². The fourth-order valence-electron chi connectivity index (χ4n) is 3.53. The van der Waals surface area contributed by atoms with E-state index in [1.54, 1.807) is 0 Å². The van der Waals surface area contributed by atoms with Gasteiger partial charge in [0.25, 0.3) is 0 Å². The monoisotopic (exact) mass is 263 g/mol. The molecule has 1 aromatic heterocycles. The van der Waals surface area contributed by atoms with Crippen molar-refractivity contribution in [3.05, 3.63) is 11.8 Å². The molecule has 106 valence electrons. The van der Waals surface area contributed by atoms with Crippen LogP contribution in [0.4, 0.5) is 0 Å². The number of rotatable bonds is 7. The predicted molar refractivity (Wildman–Crippen MR) is 74.0 cm³/mol. The highest BCUT2D eigenvalue weighted by Crippen LogP contribution is 2.60. The topological polar surface area (TPSA) is 51.0 Å². The summed E-state index contributed by atoms with van der Waals surface area (Å²) in [6.45, 7) is 4.33. The first-order valence-electron chi connectivity index (χ1n) is 7.93. The van der Waals surface area contributed by atoms with E-state index in [-0.39, 0.29) is 0 Å². The molecule has 0 radical (unpaired) electrons. The molecule has 1 N–H and O–H groups in total. The van der Waals surface area contributed by atoms with E-state index < -0.39 is 0 Å². The summed E-state index contributed by atoms with van der Waals surface area (Å²) in [5.41, 5.74) is 0. The molecule has 4 heteroatoms. The number of aryl methyl sites for hydroxylation is 1. The Kier molecular flexibility index (Phi) is 4.16. The van der Waals surface area contributed by atoms with E-state index in [0.717, 1.165) is 49.5 Å². The maximum absolute atomic E-state index is 5.86. The summed E-state index contributed by atoms with van der Waals surface area (Å²) < 4.78 is 5.86. The van der Waals surface area contributed by atoms with Crippen LogP contribution in [-0.2, 0) is 6.42 Å². The lowest BCUT2D eigenvalue weighted by molar-refractivity contribution is 0.435. The number of nitrogens with zero attached hydrogens (tertiary/aromatic N) is 2. The van der Waals surface area contributed by atoms with Crippen LogP contribution in [0.3, 0.4) is 0 Å². The molecule has 2 atom stereocenters. The van der Waals surface area contributed by atoms with Crippen molar-refractivity contribution >= 4 is 0 Å². The Hall–Kier alpha value is -0.900. The largest absolute Gasteiger partial charge is 0.425 e. The third kappa shape index (κ3) is 2.99. The van der Waals surface area contributed by atoms with Crippen LogP contribution < -0.4 is 5.32 Å². The molecule has 2 aliphatic rings. The predicted octanol–water partition coefficient (Wildman–Crippen LogP) is 2.91. The van der Waals surface area contributed by atoms with Crippen molar-refractivity contribution in [3.63, 3.8) is 0 Å². The minimum Gasteiger partial charge on any atom is -0.425 e. The quantitative estimate of drug-likeness (QED) is 0.768. The maximum Gasteiger partial charge on any atom is 0.220 e. The Balaban J connectivity index is 1.45. The molecule has 3 rings (SSSR count).